The van der Waals surface area contributed by atoms with E-state index >= 15 is 0 Å². The van der Waals surface area contributed by atoms with Gasteiger partial charge in [0.05, 0.1) is 18.2 Å². The summed E-state index contributed by atoms with van der Waals surface area (Å²) >= 11 is 2.74. The van der Waals surface area contributed by atoms with Crippen LogP contribution in [0.5, 0.6) is 17.2 Å². The zero-order valence-corrected chi connectivity index (χ0v) is 26.5. The normalized spacial score (nSPS) is 17.1. The highest BCUT2D eigenvalue weighted by Gasteiger charge is 2.48. The highest BCUT2D eigenvalue weighted by Crippen LogP contribution is 2.45. The van der Waals surface area contributed by atoms with E-state index in [0.717, 1.165) is 22.8 Å². The van der Waals surface area contributed by atoms with E-state index in [1.165, 1.54) is 28.0 Å². The number of aromatic nitrogens is 2. The molecule has 4 aromatic carbocycles. The molecule has 0 aliphatic carbocycles. The average molecular weight is 652 g/mol. The molecular weight excluding hydrogens is 623 g/mol. The summed E-state index contributed by atoms with van der Waals surface area (Å²) < 4.78 is 17.9. The van der Waals surface area contributed by atoms with E-state index in [-0.39, 0.29) is 16.5 Å². The first-order chi connectivity index (χ1) is 22.5. The van der Waals surface area contributed by atoms with Crippen LogP contribution in [0.25, 0.3) is 16.5 Å². The Kier molecular flexibility index (Phi) is 8.33. The summed E-state index contributed by atoms with van der Waals surface area (Å²) in [5.41, 5.74) is 2.01. The van der Waals surface area contributed by atoms with Crippen molar-refractivity contribution < 1.29 is 28.9 Å². The monoisotopic (exact) mass is 651 g/mol. The fourth-order valence-corrected chi connectivity index (χ4v) is 7.47. The summed E-state index contributed by atoms with van der Waals surface area (Å²) in [5, 5.41) is 22.9. The summed E-state index contributed by atoms with van der Waals surface area (Å²) in [6.07, 6.45) is 0.816. The molecule has 0 spiro atoms. The van der Waals surface area contributed by atoms with Gasteiger partial charge in [0.15, 0.2) is 15.8 Å². The molecule has 11 heteroatoms. The van der Waals surface area contributed by atoms with Gasteiger partial charge in [-0.2, -0.15) is 0 Å². The Bertz CT molecular complexity index is 1990. The van der Waals surface area contributed by atoms with Crippen molar-refractivity contribution in [3.63, 3.8) is 0 Å². The predicted octanol–water partition coefficient (Wildman–Crippen LogP) is 7.17. The van der Waals surface area contributed by atoms with Crippen molar-refractivity contribution in [2.75, 3.05) is 24.7 Å². The number of carbonyl (C=O) groups is 2. The summed E-state index contributed by atoms with van der Waals surface area (Å²) in [6.45, 7) is 3.31. The van der Waals surface area contributed by atoms with Gasteiger partial charge < -0.3 is 19.3 Å². The van der Waals surface area contributed by atoms with Crippen molar-refractivity contribution in [1.29, 1.82) is 0 Å². The number of carbonyl (C=O) groups excluding carboxylic acids is 2. The lowest BCUT2D eigenvalue weighted by atomic mass is 9.95. The molecule has 3 heterocycles. The molecule has 5 aromatic rings. The van der Waals surface area contributed by atoms with Crippen LogP contribution in [0, 0.1) is 0 Å². The SMILES string of the molecule is CCCOc1cccc([C@@H]2C(=C(O)c3ccc4c(c3)OCCO4)C(=O)C(=O)N2c2nnc(SCc3cccc4ccccc34)s2)c1. The van der Waals surface area contributed by atoms with Crippen LogP contribution in [0.3, 0.4) is 0 Å². The van der Waals surface area contributed by atoms with Crippen LogP contribution in [-0.2, 0) is 15.3 Å². The summed E-state index contributed by atoms with van der Waals surface area (Å²) in [7, 11) is 0. The number of Topliss-reactive ketones (excluding diaryl/α,β-unsaturated/α-hetero) is 1. The highest BCUT2D eigenvalue weighted by atomic mass is 32.2. The third kappa shape index (κ3) is 5.67. The van der Waals surface area contributed by atoms with Crippen LogP contribution in [0.1, 0.15) is 36.1 Å². The average Bonchev–Trinajstić information content (AvgIpc) is 3.67. The van der Waals surface area contributed by atoms with Gasteiger partial charge in [0.25, 0.3) is 5.78 Å². The summed E-state index contributed by atoms with van der Waals surface area (Å²) in [4.78, 5) is 28.8. The minimum atomic E-state index is -0.970. The number of benzene rings is 4. The standard InChI is InChI=1S/C35H29N3O6S2/c1-2-15-42-25-11-6-9-22(18-25)30-29(31(39)23-13-14-27-28(19-23)44-17-16-43-27)32(40)33(41)38(30)34-36-37-35(46-34)45-20-24-10-5-8-21-7-3-4-12-26(21)24/h3-14,18-19,30,39H,2,15-17,20H2,1H3/t30-/m1/s1. The largest absolute Gasteiger partial charge is 0.507 e. The Morgan fingerprint density at radius 3 is 2.65 bits per heavy atom. The van der Waals surface area contributed by atoms with E-state index in [1.807, 2.05) is 31.2 Å². The van der Waals surface area contributed by atoms with Crippen LogP contribution in [0.2, 0.25) is 0 Å². The number of nitrogens with zero attached hydrogens (tertiary/aromatic N) is 3. The molecule has 232 valence electrons. The van der Waals surface area contributed by atoms with Crippen molar-refractivity contribution in [2.45, 2.75) is 29.5 Å². The van der Waals surface area contributed by atoms with Gasteiger partial charge in [-0.15, -0.1) is 10.2 Å². The van der Waals surface area contributed by atoms with Crippen LogP contribution in [0.4, 0.5) is 5.13 Å². The van der Waals surface area contributed by atoms with Crippen LogP contribution >= 0.6 is 23.1 Å². The maximum absolute atomic E-state index is 13.7. The number of hydrogen-bond donors (Lipinski definition) is 1. The van der Waals surface area contributed by atoms with E-state index in [1.54, 1.807) is 36.4 Å². The zero-order valence-electron chi connectivity index (χ0n) is 24.8. The maximum atomic E-state index is 13.7. The van der Waals surface area contributed by atoms with Crippen LogP contribution < -0.4 is 19.1 Å². The predicted molar refractivity (Wildman–Crippen MR) is 178 cm³/mol. The number of anilines is 1. The van der Waals surface area contributed by atoms with Crippen molar-refractivity contribution in [3.8, 4) is 17.2 Å². The smallest absolute Gasteiger partial charge is 0.301 e. The highest BCUT2D eigenvalue weighted by molar-refractivity contribution is 8.00. The topological polar surface area (TPSA) is 111 Å². The number of aliphatic hydroxyl groups excluding tert-OH is 1. The number of hydrogen-bond acceptors (Lipinski definition) is 10. The van der Waals surface area contributed by atoms with Gasteiger partial charge in [-0.05, 0) is 58.7 Å². The molecule has 0 saturated carbocycles. The Balaban J connectivity index is 1.26. The molecule has 1 saturated heterocycles. The molecule has 1 aromatic heterocycles. The Hall–Kier alpha value is -4.87. The minimum absolute atomic E-state index is 0.0607. The quantitative estimate of drug-likeness (QED) is 0.0583. The first kappa shape index (κ1) is 29.8. The number of rotatable bonds is 9. The number of aliphatic hydroxyl groups is 1. The number of fused-ring (bicyclic) bond motifs is 2. The number of ether oxygens (including phenoxy) is 3. The van der Waals surface area contributed by atoms with Crippen molar-refractivity contribution in [1.82, 2.24) is 10.2 Å². The second kappa shape index (κ2) is 12.9. The lowest BCUT2D eigenvalue weighted by Crippen LogP contribution is -2.29. The van der Waals surface area contributed by atoms with Crippen molar-refractivity contribution in [2.24, 2.45) is 0 Å². The summed E-state index contributed by atoms with van der Waals surface area (Å²) in [5.74, 6) is 0.295. The number of thioether (sulfide) groups is 1. The molecule has 0 radical (unpaired) electrons. The van der Waals surface area contributed by atoms with Gasteiger partial charge in [0.2, 0.25) is 5.13 Å². The number of ketones is 1. The van der Waals surface area contributed by atoms with Gasteiger partial charge in [0, 0.05) is 11.3 Å². The first-order valence-electron chi connectivity index (χ1n) is 14.9. The van der Waals surface area contributed by atoms with Gasteiger partial charge in [-0.1, -0.05) is 84.6 Å². The Morgan fingerprint density at radius 2 is 1.78 bits per heavy atom. The molecule has 2 aliphatic rings. The van der Waals surface area contributed by atoms with Crippen molar-refractivity contribution >= 4 is 56.5 Å². The molecule has 2 aliphatic heterocycles. The first-order valence-corrected chi connectivity index (χ1v) is 16.7. The van der Waals surface area contributed by atoms with Crippen LogP contribution in [0.15, 0.2) is 94.8 Å². The minimum Gasteiger partial charge on any atom is -0.507 e. The van der Waals surface area contributed by atoms with Crippen molar-refractivity contribution in [3.05, 3.63) is 107 Å². The Morgan fingerprint density at radius 1 is 0.978 bits per heavy atom. The van der Waals surface area contributed by atoms with Gasteiger partial charge >= 0.3 is 5.91 Å². The third-order valence-corrected chi connectivity index (χ3v) is 9.84. The summed E-state index contributed by atoms with van der Waals surface area (Å²) in [6, 6.07) is 25.6. The third-order valence-electron chi connectivity index (χ3n) is 7.74. The molecule has 9 nitrogen and oxygen atoms in total. The maximum Gasteiger partial charge on any atom is 0.301 e. The fraction of sp³-hybridized carbons (Fsp3) is 0.200. The van der Waals surface area contributed by atoms with Gasteiger partial charge in [0.1, 0.15) is 24.7 Å². The molecule has 46 heavy (non-hydrogen) atoms. The lowest BCUT2D eigenvalue weighted by molar-refractivity contribution is -0.132. The molecule has 1 amide bonds. The fourth-order valence-electron chi connectivity index (χ4n) is 5.60. The molecular formula is C35H29N3O6S2. The molecule has 7 rings (SSSR count). The molecule has 1 atom stereocenters. The second-order valence-electron chi connectivity index (χ2n) is 10.7. The van der Waals surface area contributed by atoms with E-state index in [0.29, 0.717) is 58.3 Å². The molecule has 0 unspecified atom stereocenters. The second-order valence-corrected chi connectivity index (χ2v) is 12.9. The molecule has 1 N–H and O–H groups in total. The van der Waals surface area contributed by atoms with E-state index in [4.69, 9.17) is 14.2 Å². The van der Waals surface area contributed by atoms with E-state index in [2.05, 4.69) is 34.5 Å². The lowest BCUT2D eigenvalue weighted by Gasteiger charge is -2.23. The van der Waals surface area contributed by atoms with Gasteiger partial charge in [-0.3, -0.25) is 14.5 Å². The Labute approximate surface area is 273 Å². The number of amides is 1. The van der Waals surface area contributed by atoms with Gasteiger partial charge in [-0.25, -0.2) is 0 Å². The van der Waals surface area contributed by atoms with E-state index in [9.17, 15) is 14.7 Å². The van der Waals surface area contributed by atoms with E-state index < -0.39 is 17.7 Å². The van der Waals surface area contributed by atoms with Crippen LogP contribution in [-0.4, -0.2) is 46.8 Å². The molecule has 0 bridgehead atoms. The zero-order chi connectivity index (χ0) is 31.6. The molecule has 1 fully saturated rings.